The van der Waals surface area contributed by atoms with Crippen LogP contribution in [-0.4, -0.2) is 35.9 Å². The first-order valence-electron chi connectivity index (χ1n) is 7.44. The summed E-state index contributed by atoms with van der Waals surface area (Å²) in [5.41, 5.74) is 2.16. The lowest BCUT2D eigenvalue weighted by Crippen LogP contribution is -2.25. The molecule has 0 atom stereocenters. The van der Waals surface area contributed by atoms with E-state index in [1.165, 1.54) is 29.7 Å². The second-order valence-corrected chi connectivity index (χ2v) is 6.48. The van der Waals surface area contributed by atoms with Crippen molar-refractivity contribution in [1.82, 2.24) is 9.88 Å². The highest BCUT2D eigenvalue weighted by atomic mass is 32.1. The number of nitrogens with one attached hydrogen (secondary N) is 1. The van der Waals surface area contributed by atoms with Crippen LogP contribution in [0.4, 0.5) is 5.13 Å². The minimum absolute atomic E-state index is 0.0362. The molecule has 0 aliphatic carbocycles. The third-order valence-electron chi connectivity index (χ3n) is 3.40. The summed E-state index contributed by atoms with van der Waals surface area (Å²) in [6.07, 6.45) is 2.87. The van der Waals surface area contributed by atoms with Gasteiger partial charge in [-0.2, -0.15) is 0 Å². The Morgan fingerprint density at radius 2 is 2.19 bits per heavy atom. The van der Waals surface area contributed by atoms with Gasteiger partial charge < -0.3 is 10.2 Å². The van der Waals surface area contributed by atoms with E-state index in [9.17, 15) is 4.79 Å². The highest BCUT2D eigenvalue weighted by Crippen LogP contribution is 2.26. The Kier molecular flexibility index (Phi) is 5.70. The molecular weight excluding hydrogens is 282 g/mol. The fourth-order valence-corrected chi connectivity index (χ4v) is 3.08. The van der Waals surface area contributed by atoms with Gasteiger partial charge in [-0.1, -0.05) is 30.7 Å². The Bertz CT molecular complexity index is 609. The first-order valence-corrected chi connectivity index (χ1v) is 8.25. The van der Waals surface area contributed by atoms with Crippen LogP contribution in [0, 0.1) is 6.92 Å². The standard InChI is InChI=1S/C16H23N3OS/c1-4-5-9-19(3)10-8-15(20)18-16-17-13-7-6-12(2)11-14(13)21-16/h6-7,11H,4-5,8-10H2,1-3H3,(H,17,18,20). The molecule has 0 aliphatic heterocycles. The van der Waals surface area contributed by atoms with Crippen LogP contribution in [0.15, 0.2) is 18.2 Å². The maximum Gasteiger partial charge on any atom is 0.227 e. The number of unbranched alkanes of at least 4 members (excludes halogenated alkanes) is 1. The number of benzene rings is 1. The number of rotatable bonds is 7. The fourth-order valence-electron chi connectivity index (χ4n) is 2.10. The summed E-state index contributed by atoms with van der Waals surface area (Å²) in [6.45, 7) is 6.07. The van der Waals surface area contributed by atoms with Gasteiger partial charge in [0.1, 0.15) is 0 Å². The zero-order chi connectivity index (χ0) is 15.2. The van der Waals surface area contributed by atoms with Crippen LogP contribution in [0.25, 0.3) is 10.2 Å². The molecule has 0 bridgehead atoms. The van der Waals surface area contributed by atoms with Crippen LogP contribution in [-0.2, 0) is 4.79 Å². The molecule has 0 aliphatic rings. The van der Waals surface area contributed by atoms with Gasteiger partial charge in [0.25, 0.3) is 0 Å². The molecule has 2 rings (SSSR count). The first kappa shape index (κ1) is 15.9. The zero-order valence-electron chi connectivity index (χ0n) is 13.0. The normalized spacial score (nSPS) is 11.2. The lowest BCUT2D eigenvalue weighted by atomic mass is 10.2. The van der Waals surface area contributed by atoms with Gasteiger partial charge in [-0.15, -0.1) is 0 Å². The third-order valence-corrected chi connectivity index (χ3v) is 4.34. The summed E-state index contributed by atoms with van der Waals surface area (Å²) in [6, 6.07) is 6.13. The molecule has 0 radical (unpaired) electrons. The van der Waals surface area contributed by atoms with E-state index < -0.39 is 0 Å². The molecule has 0 saturated carbocycles. The smallest absolute Gasteiger partial charge is 0.227 e. The second kappa shape index (κ2) is 7.52. The highest BCUT2D eigenvalue weighted by molar-refractivity contribution is 7.22. The van der Waals surface area contributed by atoms with Crippen molar-refractivity contribution in [2.24, 2.45) is 0 Å². The van der Waals surface area contributed by atoms with Gasteiger partial charge in [0, 0.05) is 13.0 Å². The molecule has 1 aromatic heterocycles. The van der Waals surface area contributed by atoms with Gasteiger partial charge >= 0.3 is 0 Å². The number of nitrogens with zero attached hydrogens (tertiary/aromatic N) is 2. The topological polar surface area (TPSA) is 45.2 Å². The fraction of sp³-hybridized carbons (Fsp3) is 0.500. The van der Waals surface area contributed by atoms with Gasteiger partial charge in [-0.3, -0.25) is 4.79 Å². The largest absolute Gasteiger partial charge is 0.306 e. The molecule has 1 heterocycles. The van der Waals surface area contributed by atoms with Gasteiger partial charge in [-0.25, -0.2) is 4.98 Å². The molecule has 5 heteroatoms. The Morgan fingerprint density at radius 3 is 2.95 bits per heavy atom. The summed E-state index contributed by atoms with van der Waals surface area (Å²) >= 11 is 1.53. The number of thiazole rings is 1. The van der Waals surface area contributed by atoms with Crippen LogP contribution >= 0.6 is 11.3 Å². The van der Waals surface area contributed by atoms with Gasteiger partial charge in [0.2, 0.25) is 5.91 Å². The van der Waals surface area contributed by atoms with Crippen molar-refractivity contribution in [2.45, 2.75) is 33.1 Å². The Morgan fingerprint density at radius 1 is 1.38 bits per heavy atom. The van der Waals surface area contributed by atoms with Crippen LogP contribution in [0.2, 0.25) is 0 Å². The van der Waals surface area contributed by atoms with Crippen molar-refractivity contribution in [2.75, 3.05) is 25.5 Å². The molecular formula is C16H23N3OS. The van der Waals surface area contributed by atoms with Crippen molar-refractivity contribution >= 4 is 32.6 Å². The van der Waals surface area contributed by atoms with Gasteiger partial charge in [0.05, 0.1) is 10.2 Å². The number of amides is 1. The summed E-state index contributed by atoms with van der Waals surface area (Å²) < 4.78 is 1.12. The number of hydrogen-bond donors (Lipinski definition) is 1. The summed E-state index contributed by atoms with van der Waals surface area (Å²) in [5, 5.41) is 3.60. The van der Waals surface area contributed by atoms with E-state index >= 15 is 0 Å². The number of hydrogen-bond acceptors (Lipinski definition) is 4. The highest BCUT2D eigenvalue weighted by Gasteiger charge is 2.09. The maximum atomic E-state index is 12.0. The zero-order valence-corrected chi connectivity index (χ0v) is 13.8. The predicted molar refractivity (Wildman–Crippen MR) is 90.0 cm³/mol. The van der Waals surface area contributed by atoms with Crippen LogP contribution < -0.4 is 5.32 Å². The first-order chi connectivity index (χ1) is 10.1. The number of anilines is 1. The monoisotopic (exact) mass is 305 g/mol. The van der Waals surface area contributed by atoms with Crippen molar-refractivity contribution in [1.29, 1.82) is 0 Å². The molecule has 114 valence electrons. The Labute approximate surface area is 130 Å². The number of fused-ring (bicyclic) bond motifs is 1. The van der Waals surface area contributed by atoms with E-state index in [0.29, 0.717) is 11.6 Å². The molecule has 0 saturated heterocycles. The minimum Gasteiger partial charge on any atom is -0.306 e. The molecule has 2 aromatic rings. The number of carbonyl (C=O) groups excluding carboxylic acids is 1. The van der Waals surface area contributed by atoms with E-state index in [4.69, 9.17) is 0 Å². The molecule has 0 unspecified atom stereocenters. The summed E-state index contributed by atoms with van der Waals surface area (Å²) in [5.74, 6) is 0.0362. The lowest BCUT2D eigenvalue weighted by molar-refractivity contribution is -0.116. The van der Waals surface area contributed by atoms with Crippen molar-refractivity contribution in [3.05, 3.63) is 23.8 Å². The van der Waals surface area contributed by atoms with Crippen molar-refractivity contribution in [3.63, 3.8) is 0 Å². The third kappa shape index (κ3) is 4.79. The van der Waals surface area contributed by atoms with Crippen molar-refractivity contribution < 1.29 is 4.79 Å². The number of carbonyl (C=O) groups is 1. The van der Waals surface area contributed by atoms with E-state index in [-0.39, 0.29) is 5.91 Å². The van der Waals surface area contributed by atoms with Gasteiger partial charge in [-0.05, 0) is 44.6 Å². The average Bonchev–Trinajstić information content (AvgIpc) is 2.84. The SMILES string of the molecule is CCCCN(C)CCC(=O)Nc1nc2ccc(C)cc2s1. The summed E-state index contributed by atoms with van der Waals surface area (Å²) in [4.78, 5) is 18.6. The molecule has 4 nitrogen and oxygen atoms in total. The van der Waals surface area contributed by atoms with Crippen LogP contribution in [0.3, 0.4) is 0 Å². The average molecular weight is 305 g/mol. The quantitative estimate of drug-likeness (QED) is 0.849. The van der Waals surface area contributed by atoms with E-state index in [2.05, 4.69) is 42.2 Å². The molecule has 1 aromatic carbocycles. The Balaban J connectivity index is 1.86. The van der Waals surface area contributed by atoms with Gasteiger partial charge in [0.15, 0.2) is 5.13 Å². The second-order valence-electron chi connectivity index (χ2n) is 5.45. The minimum atomic E-state index is 0.0362. The van der Waals surface area contributed by atoms with Crippen LogP contribution in [0.5, 0.6) is 0 Å². The van der Waals surface area contributed by atoms with E-state index in [1.807, 2.05) is 12.1 Å². The molecule has 21 heavy (non-hydrogen) atoms. The van der Waals surface area contributed by atoms with Crippen LogP contribution in [0.1, 0.15) is 31.7 Å². The maximum absolute atomic E-state index is 12.0. The molecule has 0 fully saturated rings. The lowest BCUT2D eigenvalue weighted by Gasteiger charge is -2.15. The number of aryl methyl sites for hydroxylation is 1. The van der Waals surface area contributed by atoms with Crippen molar-refractivity contribution in [3.8, 4) is 0 Å². The summed E-state index contributed by atoms with van der Waals surface area (Å²) in [7, 11) is 2.06. The number of aromatic nitrogens is 1. The molecule has 1 amide bonds. The Hall–Kier alpha value is -1.46. The molecule has 0 spiro atoms. The van der Waals surface area contributed by atoms with E-state index in [1.54, 1.807) is 0 Å². The van der Waals surface area contributed by atoms with E-state index in [0.717, 1.165) is 23.3 Å². The molecule has 1 N–H and O–H groups in total. The predicted octanol–water partition coefficient (Wildman–Crippen LogP) is 3.67.